The SMILES string of the molecule is CCC#CC[C@H](C)C(O)C=C[C@H]1CCC(=O)N1CCc1ccc(C(=O)OCC)cc1. The van der Waals surface area contributed by atoms with E-state index in [1.54, 1.807) is 19.1 Å². The molecule has 1 unspecified atom stereocenters. The number of carbonyl (C=O) groups is 2. The minimum absolute atomic E-state index is 0.0138. The fourth-order valence-electron chi connectivity index (χ4n) is 3.43. The van der Waals surface area contributed by atoms with Gasteiger partial charge in [-0.05, 0) is 43.4 Å². The molecule has 2 rings (SSSR count). The van der Waals surface area contributed by atoms with Crippen LogP contribution in [0.1, 0.15) is 62.4 Å². The molecule has 1 aliphatic rings. The molecule has 1 saturated heterocycles. The molecule has 1 N–H and O–H groups in total. The zero-order valence-corrected chi connectivity index (χ0v) is 18.3. The van der Waals surface area contributed by atoms with Crippen molar-refractivity contribution in [3.63, 3.8) is 0 Å². The van der Waals surface area contributed by atoms with Crippen molar-refractivity contribution in [1.82, 2.24) is 4.90 Å². The largest absolute Gasteiger partial charge is 0.462 e. The number of benzene rings is 1. The van der Waals surface area contributed by atoms with E-state index >= 15 is 0 Å². The molecule has 1 aromatic rings. The second kappa shape index (κ2) is 12.2. The summed E-state index contributed by atoms with van der Waals surface area (Å²) in [5.74, 6) is 5.99. The lowest BCUT2D eigenvalue weighted by Crippen LogP contribution is -2.34. The van der Waals surface area contributed by atoms with Gasteiger partial charge in [-0.25, -0.2) is 4.79 Å². The van der Waals surface area contributed by atoms with Gasteiger partial charge in [-0.15, -0.1) is 11.8 Å². The Morgan fingerprint density at radius 2 is 2.03 bits per heavy atom. The molecule has 1 heterocycles. The maximum absolute atomic E-state index is 12.3. The monoisotopic (exact) mass is 411 g/mol. The molecular formula is C25H33NO4. The molecule has 0 saturated carbocycles. The molecule has 0 spiro atoms. The van der Waals surface area contributed by atoms with Crippen molar-refractivity contribution in [2.24, 2.45) is 5.92 Å². The maximum atomic E-state index is 12.3. The molecule has 3 atom stereocenters. The summed E-state index contributed by atoms with van der Waals surface area (Å²) in [6.07, 6.45) is 6.70. The van der Waals surface area contributed by atoms with Crippen LogP contribution in [0.2, 0.25) is 0 Å². The average molecular weight is 412 g/mol. The van der Waals surface area contributed by atoms with E-state index in [-0.39, 0.29) is 23.8 Å². The highest BCUT2D eigenvalue weighted by molar-refractivity contribution is 5.89. The maximum Gasteiger partial charge on any atom is 0.338 e. The number of esters is 1. The van der Waals surface area contributed by atoms with Crippen LogP contribution in [-0.2, 0) is 16.0 Å². The smallest absolute Gasteiger partial charge is 0.338 e. The summed E-state index contributed by atoms with van der Waals surface area (Å²) in [4.78, 5) is 26.0. The van der Waals surface area contributed by atoms with Crippen LogP contribution < -0.4 is 0 Å². The lowest BCUT2D eigenvalue weighted by molar-refractivity contribution is -0.128. The van der Waals surface area contributed by atoms with Crippen LogP contribution in [0.4, 0.5) is 0 Å². The Hall–Kier alpha value is -2.58. The minimum Gasteiger partial charge on any atom is -0.462 e. The molecule has 0 aromatic heterocycles. The summed E-state index contributed by atoms with van der Waals surface area (Å²) in [5.41, 5.74) is 1.60. The van der Waals surface area contributed by atoms with Crippen molar-refractivity contribution in [2.45, 2.75) is 65.0 Å². The van der Waals surface area contributed by atoms with Crippen LogP contribution in [0.15, 0.2) is 36.4 Å². The first-order valence-electron chi connectivity index (χ1n) is 10.8. The highest BCUT2D eigenvalue weighted by Crippen LogP contribution is 2.21. The fraction of sp³-hybridized carbons (Fsp3) is 0.520. The number of aliphatic hydroxyl groups excluding tert-OH is 1. The summed E-state index contributed by atoms with van der Waals surface area (Å²) in [6.45, 7) is 6.74. The number of carbonyl (C=O) groups excluding carboxylic acids is 2. The Labute approximate surface area is 180 Å². The predicted molar refractivity (Wildman–Crippen MR) is 118 cm³/mol. The second-order valence-corrected chi connectivity index (χ2v) is 7.62. The lowest BCUT2D eigenvalue weighted by Gasteiger charge is -2.23. The molecule has 0 aliphatic carbocycles. The van der Waals surface area contributed by atoms with Gasteiger partial charge >= 0.3 is 5.97 Å². The highest BCUT2D eigenvalue weighted by atomic mass is 16.5. The van der Waals surface area contributed by atoms with E-state index in [2.05, 4.69) is 11.8 Å². The Balaban J connectivity index is 1.91. The highest BCUT2D eigenvalue weighted by Gasteiger charge is 2.28. The minimum atomic E-state index is -0.566. The standard InChI is InChI=1S/C25H33NO4/c1-4-6-7-8-19(3)23(27)15-13-22-14-16-24(28)26(22)18-17-20-9-11-21(12-10-20)25(29)30-5-2/h9-13,15,19,22-23,27H,4-5,8,14,16-18H2,1-3H3/t19-,22-,23?/m0/s1. The number of aliphatic hydroxyl groups is 1. The summed E-state index contributed by atoms with van der Waals surface area (Å²) in [6, 6.07) is 7.34. The van der Waals surface area contributed by atoms with Crippen LogP contribution in [0.25, 0.3) is 0 Å². The van der Waals surface area contributed by atoms with Gasteiger partial charge in [0.2, 0.25) is 5.91 Å². The second-order valence-electron chi connectivity index (χ2n) is 7.62. The van der Waals surface area contributed by atoms with Crippen molar-refractivity contribution in [2.75, 3.05) is 13.2 Å². The van der Waals surface area contributed by atoms with Crippen LogP contribution in [-0.4, -0.2) is 47.2 Å². The number of ether oxygens (including phenoxy) is 1. The van der Waals surface area contributed by atoms with Gasteiger partial charge < -0.3 is 14.7 Å². The summed E-state index contributed by atoms with van der Waals surface area (Å²) >= 11 is 0. The number of amides is 1. The normalized spacial score (nSPS) is 18.2. The topological polar surface area (TPSA) is 66.8 Å². The molecule has 5 heteroatoms. The Bertz CT molecular complexity index is 788. The molecule has 162 valence electrons. The predicted octanol–water partition coefficient (Wildman–Crippen LogP) is 3.75. The van der Waals surface area contributed by atoms with E-state index in [1.165, 1.54) is 0 Å². The summed E-state index contributed by atoms with van der Waals surface area (Å²) < 4.78 is 5.00. The quantitative estimate of drug-likeness (QED) is 0.382. The molecule has 0 bridgehead atoms. The van der Waals surface area contributed by atoms with Crippen molar-refractivity contribution >= 4 is 11.9 Å². The van der Waals surface area contributed by atoms with Crippen molar-refractivity contribution in [1.29, 1.82) is 0 Å². The van der Waals surface area contributed by atoms with Gasteiger partial charge in [0, 0.05) is 25.8 Å². The first kappa shape index (κ1) is 23.7. The van der Waals surface area contributed by atoms with Crippen LogP contribution >= 0.6 is 0 Å². The molecule has 30 heavy (non-hydrogen) atoms. The first-order chi connectivity index (χ1) is 14.5. The van der Waals surface area contributed by atoms with E-state index in [9.17, 15) is 14.7 Å². The van der Waals surface area contributed by atoms with Gasteiger partial charge in [0.25, 0.3) is 0 Å². The fourth-order valence-corrected chi connectivity index (χ4v) is 3.43. The zero-order chi connectivity index (χ0) is 21.9. The zero-order valence-electron chi connectivity index (χ0n) is 18.3. The number of hydrogen-bond acceptors (Lipinski definition) is 4. The third kappa shape index (κ3) is 7.03. The van der Waals surface area contributed by atoms with E-state index < -0.39 is 6.10 Å². The number of rotatable bonds is 9. The number of likely N-dealkylation sites (tertiary alicyclic amines) is 1. The molecule has 1 aromatic carbocycles. The third-order valence-corrected chi connectivity index (χ3v) is 5.32. The molecule has 5 nitrogen and oxygen atoms in total. The average Bonchev–Trinajstić information content (AvgIpc) is 3.10. The van der Waals surface area contributed by atoms with E-state index in [1.807, 2.05) is 43.0 Å². The Morgan fingerprint density at radius 1 is 1.30 bits per heavy atom. The molecule has 0 radical (unpaired) electrons. The van der Waals surface area contributed by atoms with Crippen LogP contribution in [0, 0.1) is 17.8 Å². The lowest BCUT2D eigenvalue weighted by atomic mass is 10.00. The summed E-state index contributed by atoms with van der Waals surface area (Å²) in [7, 11) is 0. The van der Waals surface area contributed by atoms with Crippen molar-refractivity contribution in [3.05, 3.63) is 47.5 Å². The van der Waals surface area contributed by atoms with E-state index in [4.69, 9.17) is 4.74 Å². The molecule has 1 amide bonds. The third-order valence-electron chi connectivity index (χ3n) is 5.32. The van der Waals surface area contributed by atoms with E-state index in [0.29, 0.717) is 38.0 Å². The van der Waals surface area contributed by atoms with Gasteiger partial charge in [-0.1, -0.05) is 38.1 Å². The van der Waals surface area contributed by atoms with Crippen molar-refractivity contribution < 1.29 is 19.4 Å². The van der Waals surface area contributed by atoms with Gasteiger partial charge in [0.05, 0.1) is 24.3 Å². The molecular weight excluding hydrogens is 378 g/mol. The van der Waals surface area contributed by atoms with Gasteiger partial charge in [0.1, 0.15) is 0 Å². The van der Waals surface area contributed by atoms with E-state index in [0.717, 1.165) is 18.4 Å². The molecule has 1 aliphatic heterocycles. The Kier molecular flexibility index (Phi) is 9.63. The number of nitrogens with zero attached hydrogens (tertiary/aromatic N) is 1. The first-order valence-corrected chi connectivity index (χ1v) is 10.8. The van der Waals surface area contributed by atoms with Crippen LogP contribution in [0.5, 0.6) is 0 Å². The van der Waals surface area contributed by atoms with Gasteiger partial charge in [-0.2, -0.15) is 0 Å². The van der Waals surface area contributed by atoms with Crippen LogP contribution in [0.3, 0.4) is 0 Å². The van der Waals surface area contributed by atoms with Gasteiger partial charge in [-0.3, -0.25) is 4.79 Å². The Morgan fingerprint density at radius 3 is 2.70 bits per heavy atom. The van der Waals surface area contributed by atoms with Gasteiger partial charge in [0.15, 0.2) is 0 Å². The van der Waals surface area contributed by atoms with Crippen molar-refractivity contribution in [3.8, 4) is 11.8 Å². The summed E-state index contributed by atoms with van der Waals surface area (Å²) in [5, 5.41) is 10.4. The molecule has 1 fully saturated rings. The number of hydrogen-bond donors (Lipinski definition) is 1.